The zero-order chi connectivity index (χ0) is 15.5. The third-order valence-corrected chi connectivity index (χ3v) is 4.47. The first kappa shape index (κ1) is 15.6. The molecule has 1 N–H and O–H groups in total. The summed E-state index contributed by atoms with van der Waals surface area (Å²) in [7, 11) is -3.89. The van der Waals surface area contributed by atoms with Gasteiger partial charge in [-0.2, -0.15) is 0 Å². The number of sulfonamides is 1. The summed E-state index contributed by atoms with van der Waals surface area (Å²) >= 11 is 0. The number of benzene rings is 2. The number of halogens is 2. The molecule has 0 atom stereocenters. The van der Waals surface area contributed by atoms with Crippen LogP contribution in [-0.4, -0.2) is 15.0 Å². The second kappa shape index (κ2) is 6.32. The van der Waals surface area contributed by atoms with Gasteiger partial charge in [0.05, 0.1) is 0 Å². The summed E-state index contributed by atoms with van der Waals surface area (Å²) in [6.07, 6.45) is 0.396. The van der Waals surface area contributed by atoms with Crippen molar-refractivity contribution in [1.82, 2.24) is 4.72 Å². The van der Waals surface area contributed by atoms with Gasteiger partial charge in [-0.15, -0.1) is 0 Å². The van der Waals surface area contributed by atoms with E-state index in [0.717, 1.165) is 11.6 Å². The van der Waals surface area contributed by atoms with Crippen molar-refractivity contribution in [2.75, 3.05) is 6.54 Å². The van der Waals surface area contributed by atoms with Crippen molar-refractivity contribution in [3.8, 4) is 0 Å². The average Bonchev–Trinajstić information content (AvgIpc) is 2.43. The summed E-state index contributed by atoms with van der Waals surface area (Å²) in [5, 5.41) is 0. The van der Waals surface area contributed by atoms with E-state index in [1.54, 1.807) is 19.1 Å². The first-order chi connectivity index (χ1) is 9.88. The summed E-state index contributed by atoms with van der Waals surface area (Å²) in [5.74, 6) is -1.13. The molecule has 21 heavy (non-hydrogen) atoms. The Kier molecular flexibility index (Phi) is 4.69. The van der Waals surface area contributed by atoms with Crippen molar-refractivity contribution >= 4 is 10.0 Å². The minimum Gasteiger partial charge on any atom is -0.211 e. The highest BCUT2D eigenvalue weighted by atomic mass is 32.2. The molecule has 3 nitrogen and oxygen atoms in total. The first-order valence-electron chi connectivity index (χ1n) is 6.39. The van der Waals surface area contributed by atoms with E-state index in [1.165, 1.54) is 24.3 Å². The zero-order valence-corrected chi connectivity index (χ0v) is 12.3. The van der Waals surface area contributed by atoms with E-state index < -0.39 is 15.8 Å². The molecule has 0 heterocycles. The van der Waals surface area contributed by atoms with Gasteiger partial charge in [0.1, 0.15) is 16.5 Å². The third-order valence-electron chi connectivity index (χ3n) is 3.00. The summed E-state index contributed by atoms with van der Waals surface area (Å²) in [6, 6.07) is 9.70. The molecule has 0 radical (unpaired) electrons. The van der Waals surface area contributed by atoms with Gasteiger partial charge in [0, 0.05) is 6.54 Å². The molecule has 0 saturated heterocycles. The van der Waals surface area contributed by atoms with Crippen molar-refractivity contribution in [2.24, 2.45) is 0 Å². The highest BCUT2D eigenvalue weighted by Crippen LogP contribution is 2.15. The quantitative estimate of drug-likeness (QED) is 0.923. The fraction of sp³-hybridized carbons (Fsp3) is 0.200. The third kappa shape index (κ3) is 4.09. The largest absolute Gasteiger partial charge is 0.243 e. The molecule has 0 aliphatic carbocycles. The number of hydrogen-bond donors (Lipinski definition) is 1. The van der Waals surface area contributed by atoms with Crippen LogP contribution in [0.3, 0.4) is 0 Å². The average molecular weight is 311 g/mol. The van der Waals surface area contributed by atoms with E-state index in [4.69, 9.17) is 0 Å². The van der Waals surface area contributed by atoms with Gasteiger partial charge in [0.2, 0.25) is 10.0 Å². The van der Waals surface area contributed by atoms with Crippen LogP contribution >= 0.6 is 0 Å². The van der Waals surface area contributed by atoms with Crippen molar-refractivity contribution < 1.29 is 17.2 Å². The van der Waals surface area contributed by atoms with Gasteiger partial charge in [0.15, 0.2) is 0 Å². The molecular weight excluding hydrogens is 296 g/mol. The van der Waals surface area contributed by atoms with Gasteiger partial charge in [-0.25, -0.2) is 21.9 Å². The molecule has 2 aromatic rings. The van der Waals surface area contributed by atoms with Gasteiger partial charge >= 0.3 is 0 Å². The molecule has 0 saturated carbocycles. The topological polar surface area (TPSA) is 46.2 Å². The lowest BCUT2D eigenvalue weighted by Gasteiger charge is -2.08. The van der Waals surface area contributed by atoms with E-state index in [1.807, 2.05) is 0 Å². The second-order valence-electron chi connectivity index (χ2n) is 4.71. The predicted molar refractivity (Wildman–Crippen MR) is 76.4 cm³/mol. The van der Waals surface area contributed by atoms with Crippen molar-refractivity contribution in [1.29, 1.82) is 0 Å². The Bertz CT molecular complexity index is 728. The number of nitrogens with one attached hydrogen (secondary N) is 1. The van der Waals surface area contributed by atoms with Crippen LogP contribution in [0.15, 0.2) is 47.4 Å². The maximum absolute atomic E-state index is 13.6. The van der Waals surface area contributed by atoms with Gasteiger partial charge in [-0.3, -0.25) is 0 Å². The van der Waals surface area contributed by atoms with E-state index in [9.17, 15) is 17.2 Å². The fourth-order valence-corrected chi connectivity index (χ4v) is 3.07. The first-order valence-corrected chi connectivity index (χ1v) is 7.87. The molecule has 6 heteroatoms. The normalized spacial score (nSPS) is 11.6. The molecule has 0 amide bonds. The molecule has 0 aromatic heterocycles. The van der Waals surface area contributed by atoms with Crippen LogP contribution in [0.1, 0.15) is 11.1 Å². The zero-order valence-electron chi connectivity index (χ0n) is 11.4. The van der Waals surface area contributed by atoms with Crippen molar-refractivity contribution in [2.45, 2.75) is 18.2 Å². The van der Waals surface area contributed by atoms with Crippen LogP contribution in [-0.2, 0) is 16.4 Å². The molecule has 2 rings (SSSR count). The van der Waals surface area contributed by atoms with Crippen molar-refractivity contribution in [3.63, 3.8) is 0 Å². The predicted octanol–water partition coefficient (Wildman–Crippen LogP) is 2.79. The molecule has 0 unspecified atom stereocenters. The van der Waals surface area contributed by atoms with E-state index >= 15 is 0 Å². The number of aryl methyl sites for hydroxylation is 1. The smallest absolute Gasteiger partial charge is 0.211 e. The monoisotopic (exact) mass is 311 g/mol. The number of hydrogen-bond acceptors (Lipinski definition) is 2. The van der Waals surface area contributed by atoms with Gasteiger partial charge < -0.3 is 0 Å². The standard InChI is InChI=1S/C15H15F2NO2S/c1-11-2-7-14(17)15(10-11)21(19,20)18-9-8-12-3-5-13(16)6-4-12/h2-7,10,18H,8-9H2,1H3. The minimum absolute atomic E-state index is 0.112. The van der Waals surface area contributed by atoms with Crippen LogP contribution < -0.4 is 4.72 Å². The molecule has 112 valence electrons. The number of rotatable bonds is 5. The Morgan fingerprint density at radius 3 is 2.38 bits per heavy atom. The summed E-state index contributed by atoms with van der Waals surface area (Å²) in [4.78, 5) is -0.360. The van der Waals surface area contributed by atoms with Crippen LogP contribution in [0, 0.1) is 18.6 Å². The molecule has 0 fully saturated rings. The van der Waals surface area contributed by atoms with E-state index in [0.29, 0.717) is 12.0 Å². The fourth-order valence-electron chi connectivity index (χ4n) is 1.88. The highest BCUT2D eigenvalue weighted by molar-refractivity contribution is 7.89. The Morgan fingerprint density at radius 1 is 1.05 bits per heavy atom. The highest BCUT2D eigenvalue weighted by Gasteiger charge is 2.18. The van der Waals surface area contributed by atoms with E-state index in [-0.39, 0.29) is 17.3 Å². The summed E-state index contributed by atoms with van der Waals surface area (Å²) in [5.41, 5.74) is 1.46. The van der Waals surface area contributed by atoms with Crippen LogP contribution in [0.4, 0.5) is 8.78 Å². The summed E-state index contributed by atoms with van der Waals surface area (Å²) < 4.78 is 52.8. The molecule has 0 aliphatic rings. The molecule has 0 spiro atoms. The Hall–Kier alpha value is -1.79. The van der Waals surface area contributed by atoms with Crippen molar-refractivity contribution in [3.05, 3.63) is 65.2 Å². The van der Waals surface area contributed by atoms with E-state index in [2.05, 4.69) is 4.72 Å². The van der Waals surface area contributed by atoms with Crippen LogP contribution in [0.25, 0.3) is 0 Å². The Balaban J connectivity index is 2.04. The SMILES string of the molecule is Cc1ccc(F)c(S(=O)(=O)NCCc2ccc(F)cc2)c1. The van der Waals surface area contributed by atoms with Gasteiger partial charge in [-0.1, -0.05) is 18.2 Å². The lowest BCUT2D eigenvalue weighted by atomic mass is 10.1. The maximum Gasteiger partial charge on any atom is 0.243 e. The van der Waals surface area contributed by atoms with Gasteiger partial charge in [0.25, 0.3) is 0 Å². The Morgan fingerprint density at radius 2 is 1.71 bits per heavy atom. The minimum atomic E-state index is -3.89. The molecular formula is C15H15F2NO2S. The Labute approximate surface area is 122 Å². The molecule has 0 aliphatic heterocycles. The van der Waals surface area contributed by atoms with Crippen LogP contribution in [0.2, 0.25) is 0 Å². The lowest BCUT2D eigenvalue weighted by molar-refractivity contribution is 0.556. The molecule has 2 aromatic carbocycles. The summed E-state index contributed by atoms with van der Waals surface area (Å²) in [6.45, 7) is 1.80. The van der Waals surface area contributed by atoms with Gasteiger partial charge in [-0.05, 0) is 48.7 Å². The van der Waals surface area contributed by atoms with Crippen LogP contribution in [0.5, 0.6) is 0 Å². The second-order valence-corrected chi connectivity index (χ2v) is 6.44. The lowest BCUT2D eigenvalue weighted by Crippen LogP contribution is -2.26. The maximum atomic E-state index is 13.6. The molecule has 0 bridgehead atoms.